The van der Waals surface area contributed by atoms with E-state index < -0.39 is 11.9 Å². The average molecular weight is 382 g/mol. The molecule has 0 aromatic heterocycles. The van der Waals surface area contributed by atoms with E-state index in [9.17, 15) is 9.59 Å². The summed E-state index contributed by atoms with van der Waals surface area (Å²) in [6.45, 7) is -0.104. The number of halogens is 2. The molecule has 0 saturated heterocycles. The van der Waals surface area contributed by atoms with Crippen molar-refractivity contribution in [3.8, 4) is 0 Å². The maximum atomic E-state index is 11.8. The third-order valence-corrected chi connectivity index (χ3v) is 4.03. The van der Waals surface area contributed by atoms with Gasteiger partial charge in [0.25, 0.3) is 5.91 Å². The number of aliphatic hydroxyl groups is 1. The predicted molar refractivity (Wildman–Crippen MR) is 95.8 cm³/mol. The van der Waals surface area contributed by atoms with Crippen LogP contribution >= 0.6 is 23.2 Å². The van der Waals surface area contributed by atoms with Crippen molar-refractivity contribution in [2.45, 2.75) is 13.0 Å². The number of nitrogens with one attached hydrogen (secondary N) is 1. The van der Waals surface area contributed by atoms with Gasteiger partial charge in [-0.1, -0.05) is 41.4 Å². The molecule has 2 aromatic rings. The number of benzene rings is 2. The summed E-state index contributed by atoms with van der Waals surface area (Å²) >= 11 is 11.9. The Balaban J connectivity index is 1.73. The number of carbonyl (C=O) groups is 2. The van der Waals surface area contributed by atoms with E-state index in [2.05, 4.69) is 5.32 Å². The molecule has 0 spiro atoms. The highest BCUT2D eigenvalue weighted by atomic mass is 35.5. The van der Waals surface area contributed by atoms with Crippen molar-refractivity contribution in [3.63, 3.8) is 0 Å². The molecule has 0 fully saturated rings. The van der Waals surface area contributed by atoms with Crippen molar-refractivity contribution < 1.29 is 19.4 Å². The molecule has 1 amide bonds. The van der Waals surface area contributed by atoms with Crippen molar-refractivity contribution in [3.05, 3.63) is 69.2 Å². The molecule has 0 radical (unpaired) electrons. The minimum atomic E-state index is -0.597. The van der Waals surface area contributed by atoms with Crippen molar-refractivity contribution in [2.24, 2.45) is 0 Å². The van der Waals surface area contributed by atoms with Gasteiger partial charge in [0.1, 0.15) is 0 Å². The second-order valence-electron chi connectivity index (χ2n) is 5.27. The molecule has 0 unspecified atom stereocenters. The Morgan fingerprint density at radius 2 is 1.80 bits per heavy atom. The fourth-order valence-electron chi connectivity index (χ4n) is 2.07. The summed E-state index contributed by atoms with van der Waals surface area (Å²) < 4.78 is 4.95. The van der Waals surface area contributed by atoms with Crippen LogP contribution in [-0.4, -0.2) is 30.1 Å². The van der Waals surface area contributed by atoms with Crippen LogP contribution in [0.4, 0.5) is 0 Å². The van der Waals surface area contributed by atoms with Gasteiger partial charge in [-0.15, -0.1) is 0 Å². The number of aliphatic hydroxyl groups excluding tert-OH is 1. The highest BCUT2D eigenvalue weighted by Crippen LogP contribution is 2.21. The minimum Gasteiger partial charge on any atom is -0.452 e. The smallest absolute Gasteiger partial charge is 0.338 e. The summed E-state index contributed by atoms with van der Waals surface area (Å²) in [7, 11) is 0. The zero-order valence-electron chi connectivity index (χ0n) is 13.3. The molecule has 0 aliphatic carbocycles. The Bertz CT molecular complexity index is 747. The zero-order valence-corrected chi connectivity index (χ0v) is 14.8. The van der Waals surface area contributed by atoms with Gasteiger partial charge in [-0.3, -0.25) is 4.79 Å². The lowest BCUT2D eigenvalue weighted by Gasteiger charge is -2.08. The van der Waals surface area contributed by atoms with Crippen LogP contribution in [-0.2, 0) is 22.6 Å². The molecule has 132 valence electrons. The molecule has 0 bridgehead atoms. The van der Waals surface area contributed by atoms with Crippen LogP contribution in [0.2, 0.25) is 10.0 Å². The Morgan fingerprint density at radius 3 is 2.44 bits per heavy atom. The molecule has 2 rings (SSSR count). The van der Waals surface area contributed by atoms with E-state index in [1.54, 1.807) is 30.3 Å². The van der Waals surface area contributed by atoms with Crippen LogP contribution in [0.1, 0.15) is 21.5 Å². The summed E-state index contributed by atoms with van der Waals surface area (Å²) in [6.07, 6.45) is 0.540. The number of hydrogen-bond acceptors (Lipinski definition) is 4. The molecule has 2 N–H and O–H groups in total. The van der Waals surface area contributed by atoms with E-state index >= 15 is 0 Å². The number of hydrogen-bond donors (Lipinski definition) is 2. The Hall–Kier alpha value is -2.08. The standard InChI is InChI=1S/C18H17Cl2NO4/c19-15-6-5-13(16(20)9-15)7-8-21-17(23)11-25-18(24)14-3-1-12(10-22)2-4-14/h1-6,9,22H,7-8,10-11H2,(H,21,23). The van der Waals surface area contributed by atoms with Crippen molar-refractivity contribution in [2.75, 3.05) is 13.2 Å². The monoisotopic (exact) mass is 381 g/mol. The topological polar surface area (TPSA) is 75.6 Å². The Morgan fingerprint density at radius 1 is 1.08 bits per heavy atom. The summed E-state index contributed by atoms with van der Waals surface area (Å²) in [5.41, 5.74) is 1.88. The molecular weight excluding hydrogens is 365 g/mol. The maximum absolute atomic E-state index is 11.8. The van der Waals surface area contributed by atoms with Crippen LogP contribution in [0, 0.1) is 0 Å². The van der Waals surface area contributed by atoms with Gasteiger partial charge in [0.15, 0.2) is 6.61 Å². The van der Waals surface area contributed by atoms with Gasteiger partial charge in [-0.2, -0.15) is 0 Å². The van der Waals surface area contributed by atoms with Crippen molar-refractivity contribution >= 4 is 35.1 Å². The summed E-state index contributed by atoms with van der Waals surface area (Å²) in [4.78, 5) is 23.6. The SMILES string of the molecule is O=C(COC(=O)c1ccc(CO)cc1)NCCc1ccc(Cl)cc1Cl. The molecule has 25 heavy (non-hydrogen) atoms. The molecule has 0 heterocycles. The average Bonchev–Trinajstić information content (AvgIpc) is 2.61. The molecule has 7 heteroatoms. The number of esters is 1. The first kappa shape index (κ1) is 19.2. The van der Waals surface area contributed by atoms with E-state index in [-0.39, 0.29) is 13.2 Å². The lowest BCUT2D eigenvalue weighted by atomic mass is 10.1. The summed E-state index contributed by atoms with van der Waals surface area (Å²) in [5.74, 6) is -0.995. The quantitative estimate of drug-likeness (QED) is 0.722. The Kier molecular flexibility index (Phi) is 7.25. The second kappa shape index (κ2) is 9.42. The van der Waals surface area contributed by atoms with Gasteiger partial charge in [-0.25, -0.2) is 4.79 Å². The number of ether oxygens (including phenoxy) is 1. The van der Waals surface area contributed by atoms with E-state index in [1.165, 1.54) is 12.1 Å². The first-order chi connectivity index (χ1) is 12.0. The van der Waals surface area contributed by atoms with Gasteiger partial charge < -0.3 is 15.2 Å². The molecule has 5 nitrogen and oxygen atoms in total. The maximum Gasteiger partial charge on any atom is 0.338 e. The van der Waals surface area contributed by atoms with Crippen molar-refractivity contribution in [1.82, 2.24) is 5.32 Å². The van der Waals surface area contributed by atoms with Gasteiger partial charge >= 0.3 is 5.97 Å². The third kappa shape index (κ3) is 6.05. The number of carbonyl (C=O) groups excluding carboxylic acids is 2. The molecular formula is C18H17Cl2NO4. The van der Waals surface area contributed by atoms with Gasteiger partial charge in [0.2, 0.25) is 0 Å². The highest BCUT2D eigenvalue weighted by molar-refractivity contribution is 6.35. The molecule has 0 atom stereocenters. The van der Waals surface area contributed by atoms with Crippen LogP contribution in [0.15, 0.2) is 42.5 Å². The first-order valence-corrected chi connectivity index (χ1v) is 8.32. The number of amides is 1. The predicted octanol–water partition coefficient (Wildman–Crippen LogP) is 3.00. The second-order valence-corrected chi connectivity index (χ2v) is 6.11. The van der Waals surface area contributed by atoms with E-state index in [1.807, 2.05) is 0 Å². The largest absolute Gasteiger partial charge is 0.452 e. The van der Waals surface area contributed by atoms with Gasteiger partial charge in [-0.05, 0) is 41.8 Å². The first-order valence-electron chi connectivity index (χ1n) is 7.57. The summed E-state index contributed by atoms with van der Waals surface area (Å²) in [6, 6.07) is 11.5. The fraction of sp³-hybridized carbons (Fsp3) is 0.222. The van der Waals surface area contributed by atoms with Crippen LogP contribution in [0.5, 0.6) is 0 Å². The molecule has 2 aromatic carbocycles. The normalized spacial score (nSPS) is 10.4. The third-order valence-electron chi connectivity index (χ3n) is 3.44. The summed E-state index contributed by atoms with van der Waals surface area (Å²) in [5, 5.41) is 12.7. The lowest BCUT2D eigenvalue weighted by molar-refractivity contribution is -0.124. The van der Waals surface area contributed by atoms with Crippen molar-refractivity contribution in [1.29, 1.82) is 0 Å². The lowest BCUT2D eigenvalue weighted by Crippen LogP contribution is -2.30. The van der Waals surface area contributed by atoms with E-state index in [4.69, 9.17) is 33.0 Å². The van der Waals surface area contributed by atoms with E-state index in [0.717, 1.165) is 5.56 Å². The van der Waals surface area contributed by atoms with Crippen LogP contribution in [0.25, 0.3) is 0 Å². The van der Waals surface area contributed by atoms with Gasteiger partial charge in [0, 0.05) is 16.6 Å². The van der Waals surface area contributed by atoms with Crippen LogP contribution < -0.4 is 5.32 Å². The fourth-order valence-corrected chi connectivity index (χ4v) is 2.58. The van der Waals surface area contributed by atoms with E-state index in [0.29, 0.717) is 34.1 Å². The number of rotatable bonds is 7. The highest BCUT2D eigenvalue weighted by Gasteiger charge is 2.10. The van der Waals surface area contributed by atoms with Gasteiger partial charge in [0.05, 0.1) is 12.2 Å². The van der Waals surface area contributed by atoms with Crippen LogP contribution in [0.3, 0.4) is 0 Å². The minimum absolute atomic E-state index is 0.102. The molecule has 0 aliphatic heterocycles. The Labute approximate surface area is 155 Å². The molecule has 0 saturated carbocycles. The molecule has 0 aliphatic rings. The zero-order chi connectivity index (χ0) is 18.2.